The first-order chi connectivity index (χ1) is 13.7. The molecule has 0 bridgehead atoms. The highest BCUT2D eigenvalue weighted by molar-refractivity contribution is 7.10. The molecule has 0 aliphatic carbocycles. The number of methoxy groups -OCH3 is 2. The SMILES string of the molecule is COc1cc(NC(=O)N2CCC(N3CCc4sccc4C3)CC2)cc(OC)c1. The predicted molar refractivity (Wildman–Crippen MR) is 112 cm³/mol. The molecular formula is C21H27N3O3S. The van der Waals surface area contributed by atoms with Gasteiger partial charge in [-0.25, -0.2) is 4.79 Å². The molecule has 0 radical (unpaired) electrons. The molecule has 150 valence electrons. The Morgan fingerprint density at radius 2 is 1.82 bits per heavy atom. The first-order valence-corrected chi connectivity index (χ1v) is 10.6. The highest BCUT2D eigenvalue weighted by atomic mass is 32.1. The number of rotatable bonds is 4. The fourth-order valence-corrected chi connectivity index (χ4v) is 4.99. The molecule has 0 saturated carbocycles. The van der Waals surface area contributed by atoms with Crippen molar-refractivity contribution in [1.82, 2.24) is 9.80 Å². The molecular weight excluding hydrogens is 374 g/mol. The lowest BCUT2D eigenvalue weighted by Gasteiger charge is -2.40. The number of fused-ring (bicyclic) bond motifs is 1. The number of ether oxygens (including phenoxy) is 2. The minimum absolute atomic E-state index is 0.0625. The van der Waals surface area contributed by atoms with E-state index >= 15 is 0 Å². The minimum Gasteiger partial charge on any atom is -0.497 e. The van der Waals surface area contributed by atoms with Gasteiger partial charge in [0.15, 0.2) is 0 Å². The van der Waals surface area contributed by atoms with Gasteiger partial charge in [-0.2, -0.15) is 0 Å². The molecule has 1 N–H and O–H groups in total. The van der Waals surface area contributed by atoms with Crippen LogP contribution in [0, 0.1) is 0 Å². The Balaban J connectivity index is 1.32. The number of urea groups is 1. The van der Waals surface area contributed by atoms with E-state index in [1.54, 1.807) is 37.3 Å². The van der Waals surface area contributed by atoms with Crippen molar-refractivity contribution in [1.29, 1.82) is 0 Å². The Bertz CT molecular complexity index is 808. The number of anilines is 1. The number of benzene rings is 1. The van der Waals surface area contributed by atoms with Crippen LogP contribution < -0.4 is 14.8 Å². The fourth-order valence-electron chi connectivity index (χ4n) is 4.10. The summed E-state index contributed by atoms with van der Waals surface area (Å²) in [6, 6.07) is 8.16. The third kappa shape index (κ3) is 4.10. The van der Waals surface area contributed by atoms with Gasteiger partial charge in [0.2, 0.25) is 0 Å². The Labute approximate surface area is 170 Å². The second-order valence-corrected chi connectivity index (χ2v) is 8.34. The van der Waals surface area contributed by atoms with Crippen molar-refractivity contribution >= 4 is 23.1 Å². The summed E-state index contributed by atoms with van der Waals surface area (Å²) in [5, 5.41) is 5.18. The van der Waals surface area contributed by atoms with Crippen LogP contribution >= 0.6 is 11.3 Å². The van der Waals surface area contributed by atoms with Crippen LogP contribution in [-0.4, -0.2) is 55.7 Å². The summed E-state index contributed by atoms with van der Waals surface area (Å²) in [6.45, 7) is 3.75. The molecule has 1 fully saturated rings. The summed E-state index contributed by atoms with van der Waals surface area (Å²) in [4.78, 5) is 18.7. The van der Waals surface area contributed by atoms with Crippen LogP contribution in [0.4, 0.5) is 10.5 Å². The van der Waals surface area contributed by atoms with E-state index in [2.05, 4.69) is 21.7 Å². The molecule has 3 heterocycles. The molecule has 0 spiro atoms. The molecule has 2 aliphatic heterocycles. The first kappa shape index (κ1) is 19.1. The van der Waals surface area contributed by atoms with Crippen molar-refractivity contribution < 1.29 is 14.3 Å². The number of nitrogens with one attached hydrogen (secondary N) is 1. The van der Waals surface area contributed by atoms with Crippen LogP contribution in [0.15, 0.2) is 29.6 Å². The van der Waals surface area contributed by atoms with E-state index in [1.807, 2.05) is 16.2 Å². The van der Waals surface area contributed by atoms with Crippen molar-refractivity contribution in [3.63, 3.8) is 0 Å². The summed E-state index contributed by atoms with van der Waals surface area (Å²) in [7, 11) is 3.20. The number of carbonyl (C=O) groups excluding carboxylic acids is 1. The Kier molecular flexibility index (Phi) is 5.73. The fraction of sp³-hybridized carbons (Fsp3) is 0.476. The Morgan fingerprint density at radius 1 is 1.11 bits per heavy atom. The molecule has 28 heavy (non-hydrogen) atoms. The molecule has 2 aliphatic rings. The summed E-state index contributed by atoms with van der Waals surface area (Å²) >= 11 is 1.88. The second-order valence-electron chi connectivity index (χ2n) is 7.34. The number of carbonyl (C=O) groups is 1. The topological polar surface area (TPSA) is 54.0 Å². The van der Waals surface area contributed by atoms with Crippen molar-refractivity contribution in [2.75, 3.05) is 39.2 Å². The van der Waals surface area contributed by atoms with Gasteiger partial charge in [-0.3, -0.25) is 4.90 Å². The highest BCUT2D eigenvalue weighted by Gasteiger charge is 2.29. The molecule has 1 saturated heterocycles. The molecule has 1 aromatic heterocycles. The summed E-state index contributed by atoms with van der Waals surface area (Å²) in [6.07, 6.45) is 3.20. The standard InChI is InChI=1S/C21H27N3O3S/c1-26-18-11-16(12-19(13-18)27-2)22-21(25)23-7-3-17(4-8-23)24-9-5-20-15(14-24)6-10-28-20/h6,10-13,17H,3-5,7-9,14H2,1-2H3,(H,22,25). The van der Waals surface area contributed by atoms with Gasteiger partial charge in [0, 0.05) is 61.0 Å². The average Bonchev–Trinajstić information content (AvgIpc) is 3.21. The zero-order chi connectivity index (χ0) is 19.5. The van der Waals surface area contributed by atoms with Gasteiger partial charge >= 0.3 is 6.03 Å². The molecule has 1 aromatic carbocycles. The van der Waals surface area contributed by atoms with E-state index in [0.717, 1.165) is 45.4 Å². The Morgan fingerprint density at radius 3 is 2.50 bits per heavy atom. The number of hydrogen-bond acceptors (Lipinski definition) is 5. The van der Waals surface area contributed by atoms with Crippen molar-refractivity contribution in [3.05, 3.63) is 40.1 Å². The lowest BCUT2D eigenvalue weighted by molar-refractivity contribution is 0.111. The van der Waals surface area contributed by atoms with Crippen LogP contribution in [0.3, 0.4) is 0 Å². The van der Waals surface area contributed by atoms with Crippen molar-refractivity contribution in [3.8, 4) is 11.5 Å². The minimum atomic E-state index is -0.0625. The third-order valence-corrected chi connectivity index (χ3v) is 6.73. The largest absolute Gasteiger partial charge is 0.497 e. The van der Waals surface area contributed by atoms with Crippen molar-refractivity contribution in [2.24, 2.45) is 0 Å². The van der Waals surface area contributed by atoms with Crippen LogP contribution in [0.5, 0.6) is 11.5 Å². The van der Waals surface area contributed by atoms with Crippen molar-refractivity contribution in [2.45, 2.75) is 31.8 Å². The maximum Gasteiger partial charge on any atom is 0.321 e. The average molecular weight is 402 g/mol. The van der Waals surface area contributed by atoms with Gasteiger partial charge in [-0.05, 0) is 36.3 Å². The Hall–Kier alpha value is -2.25. The van der Waals surface area contributed by atoms with Crippen LogP contribution in [0.25, 0.3) is 0 Å². The van der Waals surface area contributed by atoms with Crippen LogP contribution in [0.2, 0.25) is 0 Å². The predicted octanol–water partition coefficient (Wildman–Crippen LogP) is 3.82. The van der Waals surface area contributed by atoms with E-state index in [0.29, 0.717) is 23.2 Å². The van der Waals surface area contributed by atoms with E-state index in [-0.39, 0.29) is 6.03 Å². The lowest BCUT2D eigenvalue weighted by atomic mass is 10.00. The van der Waals surface area contributed by atoms with Crippen LogP contribution in [-0.2, 0) is 13.0 Å². The summed E-state index contributed by atoms with van der Waals surface area (Å²) in [5.74, 6) is 1.32. The third-order valence-electron chi connectivity index (χ3n) is 5.71. The van der Waals surface area contributed by atoms with E-state index < -0.39 is 0 Å². The van der Waals surface area contributed by atoms with E-state index in [1.165, 1.54) is 5.56 Å². The van der Waals surface area contributed by atoms with Gasteiger partial charge in [-0.1, -0.05) is 0 Å². The molecule has 2 amide bonds. The van der Waals surface area contributed by atoms with Gasteiger partial charge < -0.3 is 19.7 Å². The summed E-state index contributed by atoms with van der Waals surface area (Å²) in [5.41, 5.74) is 2.17. The summed E-state index contributed by atoms with van der Waals surface area (Å²) < 4.78 is 10.6. The second kappa shape index (κ2) is 8.41. The number of thiophene rings is 1. The number of hydrogen-bond donors (Lipinski definition) is 1. The monoisotopic (exact) mass is 401 g/mol. The van der Waals surface area contributed by atoms with Gasteiger partial charge in [0.1, 0.15) is 11.5 Å². The zero-order valence-electron chi connectivity index (χ0n) is 16.4. The van der Waals surface area contributed by atoms with Gasteiger partial charge in [0.25, 0.3) is 0 Å². The molecule has 7 heteroatoms. The van der Waals surface area contributed by atoms with Crippen LogP contribution in [0.1, 0.15) is 23.3 Å². The normalized spacial score (nSPS) is 17.9. The zero-order valence-corrected chi connectivity index (χ0v) is 17.3. The number of likely N-dealkylation sites (tertiary alicyclic amines) is 1. The molecule has 6 nitrogen and oxygen atoms in total. The van der Waals surface area contributed by atoms with Gasteiger partial charge in [0.05, 0.1) is 14.2 Å². The van der Waals surface area contributed by atoms with E-state index in [4.69, 9.17) is 9.47 Å². The quantitative estimate of drug-likeness (QED) is 0.846. The number of piperidine rings is 1. The lowest BCUT2D eigenvalue weighted by Crippen LogP contribution is -2.48. The maximum absolute atomic E-state index is 12.7. The first-order valence-electron chi connectivity index (χ1n) is 9.74. The maximum atomic E-state index is 12.7. The molecule has 0 atom stereocenters. The number of amides is 2. The van der Waals surface area contributed by atoms with Gasteiger partial charge in [-0.15, -0.1) is 11.3 Å². The molecule has 4 rings (SSSR count). The molecule has 0 unspecified atom stereocenters. The highest BCUT2D eigenvalue weighted by Crippen LogP contribution is 2.29. The van der Waals surface area contributed by atoms with E-state index in [9.17, 15) is 4.79 Å². The smallest absolute Gasteiger partial charge is 0.321 e. The number of nitrogens with zero attached hydrogens (tertiary/aromatic N) is 2. The molecule has 2 aromatic rings.